The number of likely N-dealkylation sites (tertiary alicyclic amines) is 1. The highest BCUT2D eigenvalue weighted by molar-refractivity contribution is 7.14. The molecule has 7 heteroatoms. The van der Waals surface area contributed by atoms with Crippen molar-refractivity contribution in [2.45, 2.75) is 25.8 Å². The van der Waals surface area contributed by atoms with Crippen LogP contribution in [-0.2, 0) is 4.79 Å². The lowest BCUT2D eigenvalue weighted by atomic mass is 10.2. The summed E-state index contributed by atoms with van der Waals surface area (Å²) in [6, 6.07) is 7.12. The Kier molecular flexibility index (Phi) is 5.03. The maximum atomic E-state index is 12.8. The first kappa shape index (κ1) is 16.7. The molecule has 0 radical (unpaired) electrons. The van der Waals surface area contributed by atoms with Crippen molar-refractivity contribution >= 4 is 34.0 Å². The zero-order valence-corrected chi connectivity index (χ0v) is 14.8. The minimum atomic E-state index is -0.367. The van der Waals surface area contributed by atoms with Crippen LogP contribution in [-0.4, -0.2) is 34.9 Å². The minimum Gasteiger partial charge on any atom is -0.298 e. The summed E-state index contributed by atoms with van der Waals surface area (Å²) in [7, 11) is 0. The molecule has 1 fully saturated rings. The average molecular weight is 361 g/mol. The molecule has 1 aromatic carbocycles. The summed E-state index contributed by atoms with van der Waals surface area (Å²) in [6.45, 7) is 3.09. The summed E-state index contributed by atoms with van der Waals surface area (Å²) in [5, 5.41) is 12.4. The lowest BCUT2D eigenvalue weighted by Crippen LogP contribution is -2.44. The smallest absolute Gasteiger partial charge is 0.252 e. The van der Waals surface area contributed by atoms with E-state index in [1.54, 1.807) is 9.80 Å². The molecule has 2 heterocycles. The van der Waals surface area contributed by atoms with Gasteiger partial charge in [0.25, 0.3) is 5.91 Å². The van der Waals surface area contributed by atoms with Crippen molar-refractivity contribution in [2.24, 2.45) is 0 Å². The second-order valence-corrected chi connectivity index (χ2v) is 6.83. The number of halogens is 1. The van der Waals surface area contributed by atoms with Gasteiger partial charge in [-0.1, -0.05) is 23.7 Å². The van der Waals surface area contributed by atoms with Gasteiger partial charge in [0.05, 0.1) is 5.69 Å². The largest absolute Gasteiger partial charge is 0.298 e. The van der Waals surface area contributed by atoms with Crippen molar-refractivity contribution in [1.82, 2.24) is 9.88 Å². The van der Waals surface area contributed by atoms with E-state index in [0.717, 1.165) is 24.1 Å². The fraction of sp³-hybridized carbons (Fsp3) is 0.353. The summed E-state index contributed by atoms with van der Waals surface area (Å²) in [4.78, 5) is 20.7. The van der Waals surface area contributed by atoms with Gasteiger partial charge in [-0.05, 0) is 31.9 Å². The standard InChI is InChI=1S/C17H17ClN4OS/c1-2-22(16(23)15-7-4-8-21(15)11-19)17-20-14(10-24-17)12-5-3-6-13(18)9-12/h3,5-6,9-10,15H,2,4,7-8H2,1H3. The van der Waals surface area contributed by atoms with Gasteiger partial charge in [-0.2, -0.15) is 5.26 Å². The molecule has 0 N–H and O–H groups in total. The van der Waals surface area contributed by atoms with E-state index in [4.69, 9.17) is 16.9 Å². The molecule has 24 heavy (non-hydrogen) atoms. The van der Waals surface area contributed by atoms with Crippen molar-refractivity contribution in [3.63, 3.8) is 0 Å². The summed E-state index contributed by atoms with van der Waals surface area (Å²) in [6.07, 6.45) is 3.70. The van der Waals surface area contributed by atoms with Gasteiger partial charge in [0, 0.05) is 29.1 Å². The highest BCUT2D eigenvalue weighted by Gasteiger charge is 2.34. The van der Waals surface area contributed by atoms with E-state index in [-0.39, 0.29) is 11.9 Å². The maximum Gasteiger partial charge on any atom is 0.252 e. The Labute approximate surface area is 150 Å². The molecule has 0 bridgehead atoms. The number of carbonyl (C=O) groups is 1. The summed E-state index contributed by atoms with van der Waals surface area (Å²) < 4.78 is 0. The Morgan fingerprint density at radius 1 is 1.58 bits per heavy atom. The number of nitrogens with zero attached hydrogens (tertiary/aromatic N) is 4. The average Bonchev–Trinajstić information content (AvgIpc) is 3.24. The first-order valence-electron chi connectivity index (χ1n) is 7.83. The van der Waals surface area contributed by atoms with E-state index in [2.05, 4.69) is 11.2 Å². The Morgan fingerprint density at radius 2 is 2.42 bits per heavy atom. The molecule has 5 nitrogen and oxygen atoms in total. The van der Waals surface area contributed by atoms with Crippen LogP contribution in [0.25, 0.3) is 11.3 Å². The van der Waals surface area contributed by atoms with Gasteiger partial charge in [-0.3, -0.25) is 14.6 Å². The molecule has 1 saturated heterocycles. The number of benzene rings is 1. The van der Waals surface area contributed by atoms with E-state index in [1.165, 1.54) is 11.3 Å². The Hall–Kier alpha value is -2.10. The van der Waals surface area contributed by atoms with E-state index in [0.29, 0.717) is 23.2 Å². The van der Waals surface area contributed by atoms with Gasteiger partial charge in [-0.15, -0.1) is 11.3 Å². The molecule has 3 rings (SSSR count). The Morgan fingerprint density at radius 3 is 3.12 bits per heavy atom. The predicted molar refractivity (Wildman–Crippen MR) is 95.9 cm³/mol. The van der Waals surface area contributed by atoms with Gasteiger partial charge < -0.3 is 0 Å². The van der Waals surface area contributed by atoms with Crippen LogP contribution in [0, 0.1) is 11.5 Å². The van der Waals surface area contributed by atoms with Gasteiger partial charge in [0.15, 0.2) is 11.3 Å². The van der Waals surface area contributed by atoms with E-state index < -0.39 is 0 Å². The molecule has 2 aromatic rings. The zero-order chi connectivity index (χ0) is 17.1. The van der Waals surface area contributed by atoms with Crippen molar-refractivity contribution in [3.8, 4) is 17.5 Å². The van der Waals surface area contributed by atoms with E-state index >= 15 is 0 Å². The molecule has 1 aliphatic rings. The van der Waals surface area contributed by atoms with Crippen LogP contribution in [0.2, 0.25) is 5.02 Å². The second kappa shape index (κ2) is 7.20. The SMILES string of the molecule is CCN(C(=O)C1CCCN1C#N)c1nc(-c2cccc(Cl)c2)cs1. The molecular formula is C17H17ClN4OS. The lowest BCUT2D eigenvalue weighted by molar-refractivity contribution is -0.121. The minimum absolute atomic E-state index is 0.0523. The predicted octanol–water partition coefficient (Wildman–Crippen LogP) is 3.76. The first-order valence-corrected chi connectivity index (χ1v) is 9.09. The van der Waals surface area contributed by atoms with Crippen LogP contribution in [0.1, 0.15) is 19.8 Å². The number of carbonyl (C=O) groups excluding carboxylic acids is 1. The number of thiazole rings is 1. The number of likely N-dealkylation sites (N-methyl/N-ethyl adjacent to an activating group) is 1. The first-order chi connectivity index (χ1) is 11.6. The van der Waals surface area contributed by atoms with Gasteiger partial charge in [0.2, 0.25) is 0 Å². The molecule has 0 saturated carbocycles. The van der Waals surface area contributed by atoms with Crippen molar-refractivity contribution in [1.29, 1.82) is 5.26 Å². The molecule has 0 spiro atoms. The highest BCUT2D eigenvalue weighted by Crippen LogP contribution is 2.30. The fourth-order valence-corrected chi connectivity index (χ4v) is 3.97. The summed E-state index contributed by atoms with van der Waals surface area (Å²) in [5.74, 6) is -0.0523. The summed E-state index contributed by atoms with van der Waals surface area (Å²) >= 11 is 7.46. The molecule has 124 valence electrons. The lowest BCUT2D eigenvalue weighted by Gasteiger charge is -2.24. The number of amides is 1. The number of nitriles is 1. The van der Waals surface area contributed by atoms with E-state index in [1.807, 2.05) is 36.6 Å². The summed E-state index contributed by atoms with van der Waals surface area (Å²) in [5.41, 5.74) is 1.72. The third kappa shape index (κ3) is 3.23. The number of anilines is 1. The molecule has 1 unspecified atom stereocenters. The third-order valence-electron chi connectivity index (χ3n) is 4.09. The fourth-order valence-electron chi connectivity index (χ4n) is 2.88. The molecular weight excluding hydrogens is 344 g/mol. The van der Waals surface area contributed by atoms with Gasteiger partial charge in [0.1, 0.15) is 6.04 Å². The zero-order valence-electron chi connectivity index (χ0n) is 13.3. The quantitative estimate of drug-likeness (QED) is 0.779. The number of hydrogen-bond acceptors (Lipinski definition) is 5. The second-order valence-electron chi connectivity index (χ2n) is 5.56. The number of hydrogen-bond donors (Lipinski definition) is 0. The third-order valence-corrected chi connectivity index (χ3v) is 5.19. The molecule has 1 atom stereocenters. The maximum absolute atomic E-state index is 12.8. The van der Waals surface area contributed by atoms with Crippen LogP contribution in [0.4, 0.5) is 5.13 Å². The van der Waals surface area contributed by atoms with Crippen molar-refractivity contribution < 1.29 is 4.79 Å². The highest BCUT2D eigenvalue weighted by atomic mass is 35.5. The number of aromatic nitrogens is 1. The van der Waals surface area contributed by atoms with Crippen LogP contribution >= 0.6 is 22.9 Å². The molecule has 1 amide bonds. The van der Waals surface area contributed by atoms with Crippen LogP contribution in [0.5, 0.6) is 0 Å². The van der Waals surface area contributed by atoms with Crippen molar-refractivity contribution in [3.05, 3.63) is 34.7 Å². The van der Waals surface area contributed by atoms with Crippen molar-refractivity contribution in [2.75, 3.05) is 18.0 Å². The topological polar surface area (TPSA) is 60.2 Å². The van der Waals surface area contributed by atoms with Crippen LogP contribution in [0.3, 0.4) is 0 Å². The Bertz CT molecular complexity index is 785. The molecule has 1 aliphatic heterocycles. The molecule has 1 aromatic heterocycles. The Balaban J connectivity index is 1.84. The number of rotatable bonds is 4. The van der Waals surface area contributed by atoms with Crippen LogP contribution < -0.4 is 4.90 Å². The monoisotopic (exact) mass is 360 g/mol. The van der Waals surface area contributed by atoms with Gasteiger partial charge >= 0.3 is 0 Å². The van der Waals surface area contributed by atoms with Gasteiger partial charge in [-0.25, -0.2) is 4.98 Å². The van der Waals surface area contributed by atoms with Crippen LogP contribution in [0.15, 0.2) is 29.6 Å². The normalized spacial score (nSPS) is 16.9. The van der Waals surface area contributed by atoms with E-state index in [9.17, 15) is 4.79 Å². The molecule has 0 aliphatic carbocycles.